The summed E-state index contributed by atoms with van der Waals surface area (Å²) in [5.74, 6) is 1.44. The lowest BCUT2D eigenvalue weighted by atomic mass is 9.45. The van der Waals surface area contributed by atoms with Crippen molar-refractivity contribution in [2.45, 2.75) is 95.7 Å². The van der Waals surface area contributed by atoms with Gasteiger partial charge in [0, 0.05) is 12.0 Å². The summed E-state index contributed by atoms with van der Waals surface area (Å²) in [6.45, 7) is 9.35. The number of rotatable bonds is 5. The molecule has 182 valence electrons. The van der Waals surface area contributed by atoms with Crippen LogP contribution in [0.1, 0.15) is 89.5 Å². The Morgan fingerprint density at radius 2 is 1.91 bits per heavy atom. The van der Waals surface area contributed by atoms with Crippen molar-refractivity contribution in [1.82, 2.24) is 4.90 Å². The zero-order chi connectivity index (χ0) is 22.7. The first-order valence-electron chi connectivity index (χ1n) is 13.7. The first-order valence-corrected chi connectivity index (χ1v) is 13.7. The molecule has 0 amide bonds. The first kappa shape index (κ1) is 22.4. The Labute approximate surface area is 199 Å². The maximum atomic E-state index is 12.3. The molecule has 0 unspecified atom stereocenters. The molecule has 4 nitrogen and oxygen atoms in total. The van der Waals surface area contributed by atoms with E-state index in [0.717, 1.165) is 51.7 Å². The van der Waals surface area contributed by atoms with Crippen LogP contribution in [0, 0.1) is 22.7 Å². The van der Waals surface area contributed by atoms with Crippen LogP contribution in [0.4, 0.5) is 0 Å². The molecule has 7 atom stereocenters. The average molecular weight is 454 g/mol. The van der Waals surface area contributed by atoms with Crippen molar-refractivity contribution in [1.29, 1.82) is 0 Å². The van der Waals surface area contributed by atoms with E-state index in [1.807, 2.05) is 6.26 Å². The molecule has 0 aromatic carbocycles. The van der Waals surface area contributed by atoms with Crippen LogP contribution in [0.25, 0.3) is 0 Å². The summed E-state index contributed by atoms with van der Waals surface area (Å²) in [4.78, 5) is 2.55. The zero-order valence-corrected chi connectivity index (χ0v) is 20.7. The number of hydrogen-bond donors (Lipinski definition) is 1. The Kier molecular flexibility index (Phi) is 5.59. The lowest BCUT2D eigenvalue weighted by Gasteiger charge is -2.61. The van der Waals surface area contributed by atoms with Gasteiger partial charge in [-0.1, -0.05) is 25.5 Å². The molecule has 1 aromatic rings. The third kappa shape index (κ3) is 3.42. The van der Waals surface area contributed by atoms with E-state index in [1.54, 1.807) is 11.8 Å². The first-order chi connectivity index (χ1) is 15.9. The van der Waals surface area contributed by atoms with Crippen LogP contribution >= 0.6 is 0 Å². The number of likely N-dealkylation sites (tertiary alicyclic amines) is 1. The van der Waals surface area contributed by atoms with Gasteiger partial charge in [0.2, 0.25) is 0 Å². The third-order valence-corrected chi connectivity index (χ3v) is 11.1. The van der Waals surface area contributed by atoms with E-state index in [-0.39, 0.29) is 10.8 Å². The van der Waals surface area contributed by atoms with Crippen molar-refractivity contribution >= 4 is 0 Å². The third-order valence-electron chi connectivity index (χ3n) is 11.1. The summed E-state index contributed by atoms with van der Waals surface area (Å²) in [5.41, 5.74) is 2.59. The van der Waals surface area contributed by atoms with E-state index in [1.165, 1.54) is 44.3 Å². The van der Waals surface area contributed by atoms with Crippen molar-refractivity contribution < 1.29 is 14.3 Å². The number of furan rings is 1. The summed E-state index contributed by atoms with van der Waals surface area (Å²) in [5, 5.41) is 12.3. The number of aliphatic hydroxyl groups is 1. The van der Waals surface area contributed by atoms with E-state index < -0.39 is 5.60 Å². The van der Waals surface area contributed by atoms with E-state index >= 15 is 0 Å². The van der Waals surface area contributed by atoms with Gasteiger partial charge in [-0.05, 0) is 112 Å². The van der Waals surface area contributed by atoms with Gasteiger partial charge in [-0.15, -0.1) is 0 Å². The lowest BCUT2D eigenvalue weighted by molar-refractivity contribution is -0.178. The molecular formula is C29H43NO3. The highest BCUT2D eigenvalue weighted by molar-refractivity contribution is 5.31. The van der Waals surface area contributed by atoms with Crippen molar-refractivity contribution in [2.75, 3.05) is 26.2 Å². The Hall–Kier alpha value is -1.10. The molecule has 1 aromatic heterocycles. The molecule has 0 bridgehead atoms. The predicted molar refractivity (Wildman–Crippen MR) is 130 cm³/mol. The summed E-state index contributed by atoms with van der Waals surface area (Å²) in [7, 11) is 0. The highest BCUT2D eigenvalue weighted by atomic mass is 16.5. The van der Waals surface area contributed by atoms with Gasteiger partial charge < -0.3 is 19.2 Å². The van der Waals surface area contributed by atoms with Crippen molar-refractivity contribution in [3.05, 3.63) is 35.8 Å². The van der Waals surface area contributed by atoms with Gasteiger partial charge in [0.05, 0.1) is 30.8 Å². The number of allylic oxidation sites excluding steroid dienone is 1. The fraction of sp³-hybridized carbons (Fsp3) is 0.793. The van der Waals surface area contributed by atoms with Crippen molar-refractivity contribution in [3.63, 3.8) is 0 Å². The molecule has 1 aliphatic heterocycles. The second kappa shape index (κ2) is 8.24. The van der Waals surface area contributed by atoms with E-state index in [4.69, 9.17) is 9.15 Å². The second-order valence-electron chi connectivity index (χ2n) is 12.4. The number of hydrogen-bond acceptors (Lipinski definition) is 4. The normalized spacial score (nSPS) is 45.4. The topological polar surface area (TPSA) is 45.8 Å². The summed E-state index contributed by atoms with van der Waals surface area (Å²) < 4.78 is 11.8. The maximum Gasteiger partial charge on any atom is 0.0937 e. The molecule has 3 saturated carbocycles. The monoisotopic (exact) mass is 453 g/mol. The molecule has 4 heteroatoms. The molecular weight excluding hydrogens is 410 g/mol. The smallest absolute Gasteiger partial charge is 0.0937 e. The molecule has 4 aliphatic carbocycles. The van der Waals surface area contributed by atoms with Crippen LogP contribution in [0.15, 0.2) is 34.7 Å². The molecule has 0 radical (unpaired) electrons. The summed E-state index contributed by atoms with van der Waals surface area (Å²) in [6.07, 6.45) is 18.2. The molecule has 5 aliphatic rings. The highest BCUT2D eigenvalue weighted by Gasteiger charge is 2.66. The minimum Gasteiger partial charge on any atom is -0.472 e. The largest absolute Gasteiger partial charge is 0.472 e. The SMILES string of the molecule is C[C@]12CC[C@H](OCCN3CCCC3)C=C1CC[C@@H]1[C@@H]2CC[C@]2(C)[C@@H](c3ccoc3)CC[C@]12O. The maximum absolute atomic E-state index is 12.3. The van der Waals surface area contributed by atoms with Crippen LogP contribution in [0.3, 0.4) is 0 Å². The molecule has 1 saturated heterocycles. The van der Waals surface area contributed by atoms with Crippen LogP contribution < -0.4 is 0 Å². The molecule has 4 fully saturated rings. The van der Waals surface area contributed by atoms with Crippen LogP contribution in [0.2, 0.25) is 0 Å². The number of fused-ring (bicyclic) bond motifs is 5. The van der Waals surface area contributed by atoms with Gasteiger partial charge in [0.1, 0.15) is 0 Å². The van der Waals surface area contributed by atoms with E-state index in [0.29, 0.717) is 23.9 Å². The standard InChI is InChI=1S/C29H43NO3/c1-27-11-7-23(33-18-16-30-14-3-4-15-30)19-22(27)5-6-26-25(27)8-12-28(2)24(9-13-29(26,28)31)21-10-17-32-20-21/h10,17,19-20,23-26,31H,3-9,11-16,18H2,1-2H3/t23-,24+,25-,26+,27-,28+,29-/m0/s1. The van der Waals surface area contributed by atoms with Gasteiger partial charge in [-0.25, -0.2) is 0 Å². The van der Waals surface area contributed by atoms with Crippen molar-refractivity contribution in [3.8, 4) is 0 Å². The number of nitrogens with zero attached hydrogens (tertiary/aromatic N) is 1. The molecule has 33 heavy (non-hydrogen) atoms. The van der Waals surface area contributed by atoms with E-state index in [9.17, 15) is 5.11 Å². The van der Waals surface area contributed by atoms with Gasteiger partial charge in [0.25, 0.3) is 0 Å². The molecule has 1 N–H and O–H groups in total. The zero-order valence-electron chi connectivity index (χ0n) is 20.7. The summed E-state index contributed by atoms with van der Waals surface area (Å²) in [6, 6.07) is 2.13. The highest BCUT2D eigenvalue weighted by Crippen LogP contribution is 2.70. The van der Waals surface area contributed by atoms with Gasteiger partial charge in [-0.3, -0.25) is 0 Å². The Morgan fingerprint density at radius 3 is 2.70 bits per heavy atom. The molecule has 2 heterocycles. The lowest BCUT2D eigenvalue weighted by Crippen LogP contribution is -2.60. The molecule has 0 spiro atoms. The fourth-order valence-electron chi connectivity index (χ4n) is 9.14. The molecule has 6 rings (SSSR count). The van der Waals surface area contributed by atoms with Crippen LogP contribution in [-0.2, 0) is 4.74 Å². The van der Waals surface area contributed by atoms with Gasteiger partial charge in [0.15, 0.2) is 0 Å². The minimum atomic E-state index is -0.546. The quantitative estimate of drug-likeness (QED) is 0.562. The Balaban J connectivity index is 1.18. The Morgan fingerprint density at radius 1 is 1.06 bits per heavy atom. The Bertz CT molecular complexity index is 873. The second-order valence-corrected chi connectivity index (χ2v) is 12.4. The minimum absolute atomic E-state index is 0.0362. The van der Waals surface area contributed by atoms with Gasteiger partial charge >= 0.3 is 0 Å². The summed E-state index contributed by atoms with van der Waals surface area (Å²) >= 11 is 0. The van der Waals surface area contributed by atoms with Gasteiger partial charge in [-0.2, -0.15) is 0 Å². The number of ether oxygens (including phenoxy) is 1. The fourth-order valence-corrected chi connectivity index (χ4v) is 9.14. The van der Waals surface area contributed by atoms with Crippen LogP contribution in [0.5, 0.6) is 0 Å². The average Bonchev–Trinajstić information content (AvgIpc) is 3.55. The van der Waals surface area contributed by atoms with Crippen LogP contribution in [-0.4, -0.2) is 48.0 Å². The predicted octanol–water partition coefficient (Wildman–Crippen LogP) is 5.92. The van der Waals surface area contributed by atoms with Crippen molar-refractivity contribution in [2.24, 2.45) is 22.7 Å². The van der Waals surface area contributed by atoms with E-state index in [2.05, 4.69) is 30.9 Å².